The zero-order valence-electron chi connectivity index (χ0n) is 16.9. The van der Waals surface area contributed by atoms with Crippen LogP contribution in [0.2, 0.25) is 0 Å². The summed E-state index contributed by atoms with van der Waals surface area (Å²) < 4.78 is 8.55. The van der Waals surface area contributed by atoms with Crippen LogP contribution in [-0.4, -0.2) is 28.0 Å². The molecule has 1 unspecified atom stereocenters. The highest BCUT2D eigenvalue weighted by atomic mass is 32.2. The maximum Gasteiger partial charge on any atom is 0.335 e. The number of rotatable bonds is 3. The second-order valence-corrected chi connectivity index (χ2v) is 9.95. The van der Waals surface area contributed by atoms with Gasteiger partial charge in [-0.05, 0) is 54.2 Å². The van der Waals surface area contributed by atoms with Gasteiger partial charge in [0.15, 0.2) is 0 Å². The zero-order chi connectivity index (χ0) is 20.2. The standard InChI is InChI=1S/C25H25NO3S/c27-25(28)17-7-8-18-20(12-17)26-10-11-29-21-13-16(22-14-30-22)6-9-19(21)24(26)23(18)15-4-2-1-3-5-15/h6-9,12-13,15,22H,1-5,10-11,14H2,(H,27,28). The molecule has 6 rings (SSSR count). The van der Waals surface area contributed by atoms with Gasteiger partial charge in [0.2, 0.25) is 0 Å². The Labute approximate surface area is 180 Å². The van der Waals surface area contributed by atoms with Crippen molar-refractivity contribution in [2.75, 3.05) is 12.4 Å². The molecular weight excluding hydrogens is 394 g/mol. The smallest absolute Gasteiger partial charge is 0.335 e. The number of carboxylic acid groups (broad SMARTS) is 1. The molecule has 3 aromatic rings. The van der Waals surface area contributed by atoms with E-state index in [1.54, 1.807) is 6.07 Å². The van der Waals surface area contributed by atoms with Crippen LogP contribution in [0, 0.1) is 0 Å². The molecule has 2 aliphatic heterocycles. The average Bonchev–Trinajstić information content (AvgIpc) is 3.59. The molecule has 0 spiro atoms. The first kappa shape index (κ1) is 18.4. The number of thioether (sulfide) groups is 1. The lowest BCUT2D eigenvalue weighted by Gasteiger charge is -2.23. The van der Waals surface area contributed by atoms with Gasteiger partial charge in [0.25, 0.3) is 0 Å². The molecule has 30 heavy (non-hydrogen) atoms. The summed E-state index contributed by atoms with van der Waals surface area (Å²) in [5, 5.41) is 11.4. The minimum absolute atomic E-state index is 0.351. The van der Waals surface area contributed by atoms with Crippen LogP contribution in [-0.2, 0) is 6.54 Å². The van der Waals surface area contributed by atoms with Gasteiger partial charge in [0.05, 0.1) is 17.8 Å². The molecule has 154 valence electrons. The largest absolute Gasteiger partial charge is 0.491 e. The summed E-state index contributed by atoms with van der Waals surface area (Å²) >= 11 is 1.98. The van der Waals surface area contributed by atoms with Gasteiger partial charge in [-0.25, -0.2) is 4.79 Å². The Bertz CT molecular complexity index is 1150. The molecule has 1 saturated heterocycles. The van der Waals surface area contributed by atoms with Crippen molar-refractivity contribution in [1.82, 2.24) is 4.57 Å². The summed E-state index contributed by atoms with van der Waals surface area (Å²) in [5.41, 5.74) is 6.56. The molecule has 2 aromatic carbocycles. The summed E-state index contributed by atoms with van der Waals surface area (Å²) in [4.78, 5) is 11.7. The van der Waals surface area contributed by atoms with E-state index in [1.165, 1.54) is 60.1 Å². The molecular formula is C25H25NO3S. The van der Waals surface area contributed by atoms with Crippen molar-refractivity contribution in [3.8, 4) is 17.0 Å². The lowest BCUT2D eigenvalue weighted by Crippen LogP contribution is -2.07. The Kier molecular flexibility index (Phi) is 4.34. The fourth-order valence-electron chi connectivity index (χ4n) is 5.38. The number of hydrogen-bond donors (Lipinski definition) is 1. The van der Waals surface area contributed by atoms with Crippen molar-refractivity contribution in [3.05, 3.63) is 53.1 Å². The molecule has 1 atom stereocenters. The minimum atomic E-state index is -0.872. The molecule has 3 heterocycles. The van der Waals surface area contributed by atoms with Gasteiger partial charge in [0, 0.05) is 27.5 Å². The van der Waals surface area contributed by atoms with Crippen LogP contribution in [0.3, 0.4) is 0 Å². The first-order chi connectivity index (χ1) is 14.7. The van der Waals surface area contributed by atoms with Crippen molar-refractivity contribution in [3.63, 3.8) is 0 Å². The van der Waals surface area contributed by atoms with E-state index in [9.17, 15) is 9.90 Å². The summed E-state index contributed by atoms with van der Waals surface area (Å²) in [7, 11) is 0. The highest BCUT2D eigenvalue weighted by Crippen LogP contribution is 2.50. The van der Waals surface area contributed by atoms with Crippen LogP contribution in [0.1, 0.15) is 64.8 Å². The van der Waals surface area contributed by atoms with Gasteiger partial charge in [-0.3, -0.25) is 0 Å². The summed E-state index contributed by atoms with van der Waals surface area (Å²) in [6, 6.07) is 12.4. The number of fused-ring (bicyclic) bond motifs is 5. The van der Waals surface area contributed by atoms with E-state index in [0.29, 0.717) is 23.3 Å². The monoisotopic (exact) mass is 419 g/mol. The number of aromatic carboxylic acids is 1. The Hall–Kier alpha value is -2.40. The van der Waals surface area contributed by atoms with Crippen molar-refractivity contribution in [2.45, 2.75) is 49.8 Å². The second-order valence-electron chi connectivity index (χ2n) is 8.71. The molecule has 4 nitrogen and oxygen atoms in total. The summed E-state index contributed by atoms with van der Waals surface area (Å²) in [6.45, 7) is 1.34. The first-order valence-corrected chi connectivity index (χ1v) is 12.0. The van der Waals surface area contributed by atoms with Crippen LogP contribution in [0.25, 0.3) is 22.2 Å². The highest BCUT2D eigenvalue weighted by molar-refractivity contribution is 8.06. The molecule has 2 fully saturated rings. The maximum absolute atomic E-state index is 11.7. The SMILES string of the molecule is O=C(O)c1ccc2c(C3CCCCC3)c3n(c2c1)CCOc1cc(C2CS2)ccc1-3. The third kappa shape index (κ3) is 2.94. The van der Waals surface area contributed by atoms with Crippen molar-refractivity contribution < 1.29 is 14.6 Å². The fourth-order valence-corrected chi connectivity index (χ4v) is 6.01. The third-order valence-electron chi connectivity index (χ3n) is 6.90. The van der Waals surface area contributed by atoms with Gasteiger partial charge in [-0.2, -0.15) is 11.8 Å². The van der Waals surface area contributed by atoms with Crippen LogP contribution in [0.15, 0.2) is 36.4 Å². The quantitative estimate of drug-likeness (QED) is 0.511. The van der Waals surface area contributed by atoms with Crippen LogP contribution in [0.5, 0.6) is 5.75 Å². The molecule has 1 N–H and O–H groups in total. The van der Waals surface area contributed by atoms with Gasteiger partial charge in [-0.15, -0.1) is 0 Å². The van der Waals surface area contributed by atoms with E-state index in [0.717, 1.165) is 23.4 Å². The lowest BCUT2D eigenvalue weighted by molar-refractivity contribution is 0.0697. The molecule has 3 aliphatic rings. The average molecular weight is 420 g/mol. The fraction of sp³-hybridized carbons (Fsp3) is 0.400. The zero-order valence-corrected chi connectivity index (χ0v) is 17.7. The predicted molar refractivity (Wildman–Crippen MR) is 121 cm³/mol. The van der Waals surface area contributed by atoms with Gasteiger partial charge < -0.3 is 14.4 Å². The summed E-state index contributed by atoms with van der Waals surface area (Å²) in [6.07, 6.45) is 6.27. The van der Waals surface area contributed by atoms with Crippen LogP contribution < -0.4 is 4.74 Å². The van der Waals surface area contributed by atoms with Gasteiger partial charge in [-0.1, -0.05) is 31.4 Å². The van der Waals surface area contributed by atoms with E-state index in [2.05, 4.69) is 22.8 Å². The Morgan fingerprint density at radius 3 is 2.70 bits per heavy atom. The Morgan fingerprint density at radius 1 is 1.10 bits per heavy atom. The number of hydrogen-bond acceptors (Lipinski definition) is 3. The van der Waals surface area contributed by atoms with Gasteiger partial charge in [0.1, 0.15) is 12.4 Å². The number of carboxylic acids is 1. The Morgan fingerprint density at radius 2 is 1.93 bits per heavy atom. The van der Waals surface area contributed by atoms with Crippen LogP contribution >= 0.6 is 11.8 Å². The maximum atomic E-state index is 11.7. The number of ether oxygens (including phenoxy) is 1. The van der Waals surface area contributed by atoms with Crippen LogP contribution in [0.4, 0.5) is 0 Å². The third-order valence-corrected chi connectivity index (χ3v) is 7.84. The summed E-state index contributed by atoms with van der Waals surface area (Å²) in [5.74, 6) is 1.84. The number of nitrogens with zero attached hydrogens (tertiary/aromatic N) is 1. The molecule has 1 aliphatic carbocycles. The molecule has 1 saturated carbocycles. The molecule has 1 aromatic heterocycles. The topological polar surface area (TPSA) is 51.5 Å². The molecule has 0 amide bonds. The van der Waals surface area contributed by atoms with E-state index in [4.69, 9.17) is 4.74 Å². The van der Waals surface area contributed by atoms with Crippen molar-refractivity contribution in [1.29, 1.82) is 0 Å². The Balaban J connectivity index is 1.62. The molecule has 0 bridgehead atoms. The highest BCUT2D eigenvalue weighted by Gasteiger charge is 2.31. The van der Waals surface area contributed by atoms with E-state index in [1.807, 2.05) is 23.9 Å². The minimum Gasteiger partial charge on any atom is -0.491 e. The molecule has 5 heteroatoms. The lowest BCUT2D eigenvalue weighted by atomic mass is 9.81. The number of carbonyl (C=O) groups is 1. The van der Waals surface area contributed by atoms with E-state index >= 15 is 0 Å². The number of aromatic nitrogens is 1. The second kappa shape index (κ2) is 7.09. The normalized spacial score (nSPS) is 20.9. The van der Waals surface area contributed by atoms with E-state index < -0.39 is 5.97 Å². The van der Waals surface area contributed by atoms with Crippen molar-refractivity contribution in [2.24, 2.45) is 0 Å². The van der Waals surface area contributed by atoms with Crippen molar-refractivity contribution >= 4 is 28.6 Å². The predicted octanol–water partition coefficient (Wildman–Crippen LogP) is 6.23. The first-order valence-electron chi connectivity index (χ1n) is 11.0. The van der Waals surface area contributed by atoms with Gasteiger partial charge >= 0.3 is 5.97 Å². The number of benzene rings is 2. The molecule has 0 radical (unpaired) electrons. The van der Waals surface area contributed by atoms with E-state index in [-0.39, 0.29) is 0 Å².